The van der Waals surface area contributed by atoms with Gasteiger partial charge in [0.25, 0.3) is 0 Å². The molecule has 0 amide bonds. The Bertz CT molecular complexity index is 358. The number of hydrogen-bond donors (Lipinski definition) is 0. The third kappa shape index (κ3) is 1.74. The van der Waals surface area contributed by atoms with Gasteiger partial charge in [-0.3, -0.25) is 4.98 Å². The van der Waals surface area contributed by atoms with Crippen LogP contribution in [-0.4, -0.2) is 4.98 Å². The van der Waals surface area contributed by atoms with Gasteiger partial charge in [-0.2, -0.15) is 5.26 Å². The lowest BCUT2D eigenvalue weighted by Gasteiger charge is -2.43. The lowest BCUT2D eigenvalue weighted by Crippen LogP contribution is -2.39. The summed E-state index contributed by atoms with van der Waals surface area (Å²) in [5, 5.41) is 9.31. The molecule has 1 aliphatic rings. The highest BCUT2D eigenvalue weighted by Crippen LogP contribution is 2.48. The maximum absolute atomic E-state index is 9.31. The summed E-state index contributed by atoms with van der Waals surface area (Å²) in [7, 11) is 0. The molecule has 0 atom stereocenters. The monoisotopic (exact) mass is 200 g/mol. The van der Waals surface area contributed by atoms with Gasteiger partial charge >= 0.3 is 0 Å². The van der Waals surface area contributed by atoms with Gasteiger partial charge < -0.3 is 0 Å². The predicted octanol–water partition coefficient (Wildman–Crippen LogP) is 3.05. The van der Waals surface area contributed by atoms with Crippen LogP contribution in [0.2, 0.25) is 0 Å². The third-order valence-electron chi connectivity index (χ3n) is 3.42. The maximum Gasteiger partial charge on any atom is 0.0828 e. The summed E-state index contributed by atoms with van der Waals surface area (Å²) in [6, 6.07) is 6.45. The summed E-state index contributed by atoms with van der Waals surface area (Å²) >= 11 is 0. The molecule has 1 aromatic heterocycles. The molecule has 1 aliphatic carbocycles. The van der Waals surface area contributed by atoms with Crippen molar-refractivity contribution in [3.05, 3.63) is 30.1 Å². The van der Waals surface area contributed by atoms with E-state index in [9.17, 15) is 5.26 Å². The van der Waals surface area contributed by atoms with Crippen molar-refractivity contribution in [2.75, 3.05) is 0 Å². The SMILES string of the molecule is CCCC1CC(C#N)(c2ccncc2)C1. The molecular formula is C13H16N2. The summed E-state index contributed by atoms with van der Waals surface area (Å²) in [4.78, 5) is 4.00. The number of pyridine rings is 1. The fourth-order valence-corrected chi connectivity index (χ4v) is 2.60. The summed E-state index contributed by atoms with van der Waals surface area (Å²) < 4.78 is 0. The molecule has 0 bridgehead atoms. The number of rotatable bonds is 3. The molecule has 0 radical (unpaired) electrons. The Hall–Kier alpha value is -1.36. The second-order valence-electron chi connectivity index (χ2n) is 4.49. The van der Waals surface area contributed by atoms with E-state index in [2.05, 4.69) is 18.0 Å². The molecule has 15 heavy (non-hydrogen) atoms. The molecule has 0 saturated heterocycles. The first-order valence-electron chi connectivity index (χ1n) is 5.62. The van der Waals surface area contributed by atoms with E-state index in [0.29, 0.717) is 0 Å². The van der Waals surface area contributed by atoms with Crippen molar-refractivity contribution in [3.63, 3.8) is 0 Å². The maximum atomic E-state index is 9.31. The van der Waals surface area contributed by atoms with E-state index in [0.717, 1.165) is 24.3 Å². The van der Waals surface area contributed by atoms with E-state index in [1.54, 1.807) is 12.4 Å². The minimum atomic E-state index is -0.206. The molecule has 78 valence electrons. The first-order valence-corrected chi connectivity index (χ1v) is 5.62. The van der Waals surface area contributed by atoms with Crippen LogP contribution in [-0.2, 0) is 5.41 Å². The molecule has 0 spiro atoms. The standard InChI is InChI=1S/C13H16N2/c1-2-3-11-8-13(9-11,10-14)12-4-6-15-7-5-12/h4-7,11H,2-3,8-9H2,1H3. The van der Waals surface area contributed by atoms with Crippen LogP contribution in [0.5, 0.6) is 0 Å². The fourth-order valence-electron chi connectivity index (χ4n) is 2.60. The van der Waals surface area contributed by atoms with Gasteiger partial charge in [0.05, 0.1) is 11.5 Å². The fraction of sp³-hybridized carbons (Fsp3) is 0.538. The van der Waals surface area contributed by atoms with Gasteiger partial charge in [-0.15, -0.1) is 0 Å². The average Bonchev–Trinajstić information content (AvgIpc) is 2.24. The molecular weight excluding hydrogens is 184 g/mol. The Kier molecular flexibility index (Phi) is 2.73. The molecule has 1 aromatic rings. The highest BCUT2D eigenvalue weighted by molar-refractivity contribution is 5.34. The predicted molar refractivity (Wildman–Crippen MR) is 59.2 cm³/mol. The molecule has 2 heteroatoms. The molecule has 0 unspecified atom stereocenters. The molecule has 0 aliphatic heterocycles. The summed E-state index contributed by atoms with van der Waals surface area (Å²) in [5.41, 5.74) is 0.940. The zero-order chi connectivity index (χ0) is 10.7. The Balaban J connectivity index is 2.12. The smallest absolute Gasteiger partial charge is 0.0828 e. The van der Waals surface area contributed by atoms with Crippen LogP contribution >= 0.6 is 0 Å². The van der Waals surface area contributed by atoms with Crippen molar-refractivity contribution < 1.29 is 0 Å². The lowest BCUT2D eigenvalue weighted by molar-refractivity contribution is 0.184. The van der Waals surface area contributed by atoms with Gasteiger partial charge in [0.1, 0.15) is 0 Å². The van der Waals surface area contributed by atoms with Crippen LogP contribution < -0.4 is 0 Å². The Labute approximate surface area is 91.0 Å². The van der Waals surface area contributed by atoms with E-state index in [-0.39, 0.29) is 5.41 Å². The quantitative estimate of drug-likeness (QED) is 0.752. The number of nitrogens with zero attached hydrogens (tertiary/aromatic N) is 2. The Morgan fingerprint density at radius 2 is 2.13 bits per heavy atom. The van der Waals surface area contributed by atoms with Crippen molar-refractivity contribution in [1.29, 1.82) is 5.26 Å². The van der Waals surface area contributed by atoms with Gasteiger partial charge in [-0.1, -0.05) is 19.8 Å². The van der Waals surface area contributed by atoms with E-state index >= 15 is 0 Å². The first-order chi connectivity index (χ1) is 7.30. The second kappa shape index (κ2) is 4.02. The number of nitriles is 1. The zero-order valence-corrected chi connectivity index (χ0v) is 9.11. The van der Waals surface area contributed by atoms with Gasteiger partial charge in [-0.25, -0.2) is 0 Å². The summed E-state index contributed by atoms with van der Waals surface area (Å²) in [5.74, 6) is 0.753. The number of hydrogen-bond acceptors (Lipinski definition) is 2. The highest BCUT2D eigenvalue weighted by Gasteiger charge is 2.45. The summed E-state index contributed by atoms with van der Waals surface area (Å²) in [6.45, 7) is 2.21. The number of aromatic nitrogens is 1. The highest BCUT2D eigenvalue weighted by atomic mass is 14.6. The third-order valence-corrected chi connectivity index (χ3v) is 3.42. The van der Waals surface area contributed by atoms with E-state index in [1.807, 2.05) is 12.1 Å². The minimum Gasteiger partial charge on any atom is -0.265 e. The zero-order valence-electron chi connectivity index (χ0n) is 9.11. The van der Waals surface area contributed by atoms with Crippen LogP contribution in [0, 0.1) is 17.2 Å². The van der Waals surface area contributed by atoms with Gasteiger partial charge in [0, 0.05) is 12.4 Å². The average molecular weight is 200 g/mol. The molecule has 1 fully saturated rings. The van der Waals surface area contributed by atoms with Crippen LogP contribution in [0.4, 0.5) is 0 Å². The van der Waals surface area contributed by atoms with Crippen LogP contribution in [0.25, 0.3) is 0 Å². The second-order valence-corrected chi connectivity index (χ2v) is 4.49. The lowest BCUT2D eigenvalue weighted by atomic mass is 9.58. The van der Waals surface area contributed by atoms with Crippen molar-refractivity contribution in [2.45, 2.75) is 38.0 Å². The molecule has 0 aromatic carbocycles. The molecule has 0 N–H and O–H groups in total. The molecule has 2 rings (SSSR count). The van der Waals surface area contributed by atoms with Crippen molar-refractivity contribution in [3.8, 4) is 6.07 Å². The van der Waals surface area contributed by atoms with Crippen molar-refractivity contribution in [2.24, 2.45) is 5.92 Å². The molecule has 1 heterocycles. The van der Waals surface area contributed by atoms with Crippen LogP contribution in [0.1, 0.15) is 38.2 Å². The molecule has 2 nitrogen and oxygen atoms in total. The Morgan fingerprint density at radius 1 is 1.47 bits per heavy atom. The van der Waals surface area contributed by atoms with Crippen LogP contribution in [0.15, 0.2) is 24.5 Å². The van der Waals surface area contributed by atoms with Gasteiger partial charge in [-0.05, 0) is 36.5 Å². The van der Waals surface area contributed by atoms with Crippen molar-refractivity contribution in [1.82, 2.24) is 4.98 Å². The normalized spacial score (nSPS) is 29.2. The Morgan fingerprint density at radius 3 is 2.67 bits per heavy atom. The largest absolute Gasteiger partial charge is 0.265 e. The van der Waals surface area contributed by atoms with E-state index in [1.165, 1.54) is 12.8 Å². The molecule has 1 saturated carbocycles. The van der Waals surface area contributed by atoms with Crippen molar-refractivity contribution >= 4 is 0 Å². The van der Waals surface area contributed by atoms with Crippen LogP contribution in [0.3, 0.4) is 0 Å². The topological polar surface area (TPSA) is 36.7 Å². The summed E-state index contributed by atoms with van der Waals surface area (Å²) in [6.07, 6.45) is 8.10. The van der Waals surface area contributed by atoms with E-state index < -0.39 is 0 Å². The van der Waals surface area contributed by atoms with E-state index in [4.69, 9.17) is 0 Å². The van der Waals surface area contributed by atoms with Gasteiger partial charge in [0.2, 0.25) is 0 Å². The first kappa shape index (κ1) is 10.2. The minimum absolute atomic E-state index is 0.206. The van der Waals surface area contributed by atoms with Gasteiger partial charge in [0.15, 0.2) is 0 Å².